The number of nitrogens with two attached hydrogens (primary N) is 1. The number of carbonyl (C=O) groups excluding carboxylic acids is 1. The van der Waals surface area contributed by atoms with Crippen molar-refractivity contribution in [3.05, 3.63) is 22.7 Å². The van der Waals surface area contributed by atoms with Crippen LogP contribution < -0.4 is 11.1 Å². The number of aromatic nitrogens is 4. The molecular formula is C10H14BrClN6O. The van der Waals surface area contributed by atoms with E-state index in [-0.39, 0.29) is 24.1 Å². The molecule has 2 aromatic heterocycles. The minimum Gasteiger partial charge on any atom is -0.347 e. The van der Waals surface area contributed by atoms with E-state index in [1.807, 2.05) is 13.8 Å². The van der Waals surface area contributed by atoms with Crippen LogP contribution in [-0.4, -0.2) is 37.6 Å². The molecule has 2 rings (SSSR count). The Morgan fingerprint density at radius 1 is 1.58 bits per heavy atom. The predicted octanol–water partition coefficient (Wildman–Crippen LogP) is 0.776. The largest absolute Gasteiger partial charge is 0.347 e. The second-order valence-corrected chi connectivity index (χ2v) is 5.54. The van der Waals surface area contributed by atoms with Crippen LogP contribution in [0.5, 0.6) is 0 Å². The fourth-order valence-corrected chi connectivity index (χ4v) is 1.54. The molecule has 2 aromatic rings. The summed E-state index contributed by atoms with van der Waals surface area (Å²) < 4.78 is 2.20. The zero-order chi connectivity index (χ0) is 13.3. The predicted molar refractivity (Wildman–Crippen MR) is 76.3 cm³/mol. The molecule has 0 aromatic carbocycles. The molecule has 0 bridgehead atoms. The summed E-state index contributed by atoms with van der Waals surface area (Å²) in [6.07, 6.45) is 3.27. The van der Waals surface area contributed by atoms with Crippen molar-refractivity contribution >= 4 is 40.0 Å². The van der Waals surface area contributed by atoms with E-state index < -0.39 is 5.54 Å². The van der Waals surface area contributed by atoms with Crippen LogP contribution in [0.4, 0.5) is 0 Å². The van der Waals surface area contributed by atoms with Crippen LogP contribution >= 0.6 is 28.3 Å². The van der Waals surface area contributed by atoms with E-state index in [1.165, 1.54) is 4.52 Å². The van der Waals surface area contributed by atoms with Gasteiger partial charge in [0.15, 0.2) is 0 Å². The highest BCUT2D eigenvalue weighted by Gasteiger charge is 2.17. The maximum absolute atomic E-state index is 11.8. The highest BCUT2D eigenvalue weighted by atomic mass is 79.9. The maximum Gasteiger partial charge on any atom is 0.291 e. The van der Waals surface area contributed by atoms with Crippen molar-refractivity contribution in [3.63, 3.8) is 0 Å². The lowest BCUT2D eigenvalue weighted by molar-refractivity contribution is 0.0936. The van der Waals surface area contributed by atoms with Crippen LogP contribution in [0.25, 0.3) is 5.78 Å². The first-order chi connectivity index (χ1) is 8.35. The van der Waals surface area contributed by atoms with Gasteiger partial charge in [0.05, 0.1) is 4.47 Å². The number of hydrogen-bond acceptors (Lipinski definition) is 5. The molecule has 0 aliphatic rings. The van der Waals surface area contributed by atoms with Crippen LogP contribution in [0.1, 0.15) is 24.5 Å². The van der Waals surface area contributed by atoms with Gasteiger partial charge < -0.3 is 11.1 Å². The second-order valence-electron chi connectivity index (χ2n) is 4.62. The summed E-state index contributed by atoms with van der Waals surface area (Å²) in [6.45, 7) is 3.99. The van der Waals surface area contributed by atoms with E-state index in [2.05, 4.69) is 36.3 Å². The Bertz CT molecular complexity index is 593. The fraction of sp³-hybridized carbons (Fsp3) is 0.400. The first-order valence-corrected chi connectivity index (χ1v) is 6.09. The zero-order valence-corrected chi connectivity index (χ0v) is 12.8. The summed E-state index contributed by atoms with van der Waals surface area (Å²) >= 11 is 3.27. The molecule has 0 atom stereocenters. The molecule has 0 aliphatic heterocycles. The van der Waals surface area contributed by atoms with Gasteiger partial charge in [0.1, 0.15) is 0 Å². The average Bonchev–Trinajstić information content (AvgIpc) is 2.67. The molecule has 0 saturated carbocycles. The van der Waals surface area contributed by atoms with Crippen molar-refractivity contribution in [2.24, 2.45) is 5.73 Å². The van der Waals surface area contributed by atoms with Gasteiger partial charge in [-0.15, -0.1) is 17.5 Å². The molecule has 0 radical (unpaired) electrons. The average molecular weight is 350 g/mol. The Hall–Kier alpha value is -1.25. The van der Waals surface area contributed by atoms with Gasteiger partial charge in [0.25, 0.3) is 11.7 Å². The minimum atomic E-state index is -0.476. The number of hydrogen-bond donors (Lipinski definition) is 2. The Morgan fingerprint density at radius 3 is 2.89 bits per heavy atom. The maximum atomic E-state index is 11.8. The van der Waals surface area contributed by atoms with Crippen LogP contribution in [0, 0.1) is 0 Å². The van der Waals surface area contributed by atoms with Gasteiger partial charge in [-0.25, -0.2) is 9.50 Å². The topological polar surface area (TPSA) is 98.2 Å². The summed E-state index contributed by atoms with van der Waals surface area (Å²) in [7, 11) is 0. The third-order valence-corrected chi connectivity index (χ3v) is 2.48. The van der Waals surface area contributed by atoms with Gasteiger partial charge in [-0.1, -0.05) is 0 Å². The fourth-order valence-electron chi connectivity index (χ4n) is 1.24. The normalized spacial score (nSPS) is 11.2. The number of rotatable bonds is 3. The Labute approximate surface area is 124 Å². The minimum absolute atomic E-state index is 0. The lowest BCUT2D eigenvalue weighted by atomic mass is 10.1. The van der Waals surface area contributed by atoms with Gasteiger partial charge in [-0.3, -0.25) is 4.79 Å². The van der Waals surface area contributed by atoms with Gasteiger partial charge in [0, 0.05) is 24.5 Å². The smallest absolute Gasteiger partial charge is 0.291 e. The molecule has 3 N–H and O–H groups in total. The Balaban J connectivity index is 0.00000180. The standard InChI is InChI=1S/C10H13BrN6O.ClH/c1-10(2,12)5-14-8(18)7-15-9-13-3-6(11)4-17(9)16-7;/h3-4H,5,12H2,1-2H3,(H,14,18);1H. The summed E-state index contributed by atoms with van der Waals surface area (Å²) in [6, 6.07) is 0. The second kappa shape index (κ2) is 5.81. The highest BCUT2D eigenvalue weighted by molar-refractivity contribution is 9.10. The molecular weight excluding hydrogens is 336 g/mol. The van der Waals surface area contributed by atoms with Crippen molar-refractivity contribution in [3.8, 4) is 0 Å². The first-order valence-electron chi connectivity index (χ1n) is 5.30. The summed E-state index contributed by atoms with van der Waals surface area (Å²) in [4.78, 5) is 19.9. The number of fused-ring (bicyclic) bond motifs is 1. The van der Waals surface area contributed by atoms with Gasteiger partial charge in [-0.2, -0.15) is 4.98 Å². The monoisotopic (exact) mass is 348 g/mol. The molecule has 0 aliphatic carbocycles. The molecule has 1 amide bonds. The summed E-state index contributed by atoms with van der Waals surface area (Å²) in [5.74, 6) is 0.0790. The quantitative estimate of drug-likeness (QED) is 0.853. The van der Waals surface area contributed by atoms with E-state index in [4.69, 9.17) is 5.73 Å². The van der Waals surface area contributed by atoms with E-state index in [1.54, 1.807) is 12.4 Å². The van der Waals surface area contributed by atoms with E-state index in [9.17, 15) is 4.79 Å². The summed E-state index contributed by atoms with van der Waals surface area (Å²) in [5.41, 5.74) is 5.30. The van der Waals surface area contributed by atoms with Gasteiger partial charge >= 0.3 is 0 Å². The van der Waals surface area contributed by atoms with Crippen LogP contribution in [0.3, 0.4) is 0 Å². The molecule has 0 saturated heterocycles. The molecule has 0 spiro atoms. The van der Waals surface area contributed by atoms with Crippen molar-refractivity contribution < 1.29 is 4.79 Å². The third-order valence-electron chi connectivity index (χ3n) is 2.07. The molecule has 0 fully saturated rings. The SMILES string of the molecule is CC(C)(N)CNC(=O)c1nc2ncc(Br)cn2n1.Cl. The first kappa shape index (κ1) is 15.8. The third kappa shape index (κ3) is 4.12. The lowest BCUT2D eigenvalue weighted by Crippen LogP contribution is -2.45. The van der Waals surface area contributed by atoms with Crippen LogP contribution in [0.15, 0.2) is 16.9 Å². The van der Waals surface area contributed by atoms with Crippen LogP contribution in [-0.2, 0) is 0 Å². The van der Waals surface area contributed by atoms with E-state index >= 15 is 0 Å². The van der Waals surface area contributed by atoms with E-state index in [0.717, 1.165) is 4.47 Å². The van der Waals surface area contributed by atoms with Crippen molar-refractivity contribution in [1.29, 1.82) is 0 Å². The Kier molecular flexibility index (Phi) is 4.83. The van der Waals surface area contributed by atoms with E-state index in [0.29, 0.717) is 12.3 Å². The molecule has 104 valence electrons. The van der Waals surface area contributed by atoms with Crippen molar-refractivity contribution in [2.45, 2.75) is 19.4 Å². The molecule has 19 heavy (non-hydrogen) atoms. The molecule has 2 heterocycles. The molecule has 0 unspecified atom stereocenters. The van der Waals surface area contributed by atoms with Gasteiger partial charge in [0.2, 0.25) is 5.82 Å². The summed E-state index contributed by atoms with van der Waals surface area (Å²) in [5, 5.41) is 6.71. The zero-order valence-electron chi connectivity index (χ0n) is 10.4. The van der Waals surface area contributed by atoms with Crippen LogP contribution in [0.2, 0.25) is 0 Å². The number of nitrogens with zero attached hydrogens (tertiary/aromatic N) is 4. The number of carbonyl (C=O) groups is 1. The molecule has 9 heteroatoms. The molecule has 7 nitrogen and oxygen atoms in total. The highest BCUT2D eigenvalue weighted by Crippen LogP contribution is 2.07. The van der Waals surface area contributed by atoms with Crippen molar-refractivity contribution in [2.75, 3.05) is 6.54 Å². The number of nitrogens with one attached hydrogen (secondary N) is 1. The Morgan fingerprint density at radius 2 is 2.26 bits per heavy atom. The number of amides is 1. The van der Waals surface area contributed by atoms with Gasteiger partial charge in [-0.05, 0) is 29.8 Å². The number of halogens is 2. The van der Waals surface area contributed by atoms with Crippen molar-refractivity contribution in [1.82, 2.24) is 24.9 Å². The lowest BCUT2D eigenvalue weighted by Gasteiger charge is -2.17.